The molecule has 1 aromatic heterocycles. The van der Waals surface area contributed by atoms with Crippen LogP contribution in [-0.4, -0.2) is 52.0 Å². The Labute approximate surface area is 248 Å². The monoisotopic (exact) mass is 588 g/mol. The summed E-state index contributed by atoms with van der Waals surface area (Å²) < 4.78 is 5.73. The van der Waals surface area contributed by atoms with Crippen LogP contribution in [-0.2, 0) is 32.1 Å². The standard InChI is InChI=1S/C31H48N4O5S/c1-8-20(4)13-29(37)35(7)27(19(2)3)16-28(40-22(6)36)30-34-26(18-41-30)17-33-25(14-21(5)31(38)39)15-23-9-11-24(32)12-10-23/h9-12,18-21,25,27-28,33H,8,13-17,32H2,1-7H3,(H,38,39)/t20-,21-,25+,27+,28?/m0/s1. The van der Waals surface area contributed by atoms with Gasteiger partial charge in [0, 0.05) is 56.5 Å². The smallest absolute Gasteiger partial charge is 0.306 e. The van der Waals surface area contributed by atoms with Crippen molar-refractivity contribution in [1.29, 1.82) is 0 Å². The number of carboxylic acid groups (broad SMARTS) is 1. The van der Waals surface area contributed by atoms with E-state index in [1.165, 1.54) is 18.3 Å². The molecule has 41 heavy (non-hydrogen) atoms. The minimum absolute atomic E-state index is 0.0883. The molecule has 1 unspecified atom stereocenters. The molecule has 0 radical (unpaired) electrons. The maximum atomic E-state index is 13.0. The van der Waals surface area contributed by atoms with Crippen molar-refractivity contribution in [2.75, 3.05) is 12.8 Å². The summed E-state index contributed by atoms with van der Waals surface area (Å²) in [4.78, 5) is 43.2. The highest BCUT2D eigenvalue weighted by molar-refractivity contribution is 7.09. The summed E-state index contributed by atoms with van der Waals surface area (Å²) in [5.41, 5.74) is 8.35. The van der Waals surface area contributed by atoms with Gasteiger partial charge in [-0.2, -0.15) is 0 Å². The van der Waals surface area contributed by atoms with Crippen LogP contribution in [0.1, 0.15) is 89.6 Å². The molecule has 0 saturated heterocycles. The highest BCUT2D eigenvalue weighted by Crippen LogP contribution is 2.31. The van der Waals surface area contributed by atoms with Crippen LogP contribution in [0.5, 0.6) is 0 Å². The van der Waals surface area contributed by atoms with Crippen molar-refractivity contribution in [2.24, 2.45) is 17.8 Å². The second kappa shape index (κ2) is 16.5. The van der Waals surface area contributed by atoms with E-state index in [1.54, 1.807) is 11.8 Å². The summed E-state index contributed by atoms with van der Waals surface area (Å²) in [5.74, 6) is -1.18. The molecular formula is C31H48N4O5S. The van der Waals surface area contributed by atoms with Gasteiger partial charge in [0.1, 0.15) is 5.01 Å². The summed E-state index contributed by atoms with van der Waals surface area (Å²) in [7, 11) is 1.83. The van der Waals surface area contributed by atoms with Crippen molar-refractivity contribution in [1.82, 2.24) is 15.2 Å². The lowest BCUT2D eigenvalue weighted by Gasteiger charge is -2.34. The number of amides is 1. The van der Waals surface area contributed by atoms with Gasteiger partial charge in [-0.25, -0.2) is 4.98 Å². The highest BCUT2D eigenvalue weighted by Gasteiger charge is 2.30. The van der Waals surface area contributed by atoms with Crippen LogP contribution in [0, 0.1) is 17.8 Å². The van der Waals surface area contributed by atoms with Gasteiger partial charge >= 0.3 is 11.9 Å². The molecule has 1 aromatic carbocycles. The van der Waals surface area contributed by atoms with Gasteiger partial charge in [0.15, 0.2) is 6.10 Å². The molecule has 2 rings (SSSR count). The van der Waals surface area contributed by atoms with E-state index >= 15 is 0 Å². The fraction of sp³-hybridized carbons (Fsp3) is 0.613. The summed E-state index contributed by atoms with van der Waals surface area (Å²) in [5, 5.41) is 15.6. The zero-order chi connectivity index (χ0) is 30.7. The number of nitrogens with one attached hydrogen (secondary N) is 1. The number of anilines is 1. The molecule has 0 saturated carbocycles. The Morgan fingerprint density at radius 3 is 2.34 bits per heavy atom. The molecule has 0 bridgehead atoms. The van der Waals surface area contributed by atoms with Gasteiger partial charge < -0.3 is 25.8 Å². The number of hydrogen-bond donors (Lipinski definition) is 3. The van der Waals surface area contributed by atoms with Gasteiger partial charge in [0.25, 0.3) is 0 Å². The minimum atomic E-state index is -0.832. The Balaban J connectivity index is 2.17. The largest absolute Gasteiger partial charge is 0.481 e. The van der Waals surface area contributed by atoms with Crippen molar-refractivity contribution in [3.05, 3.63) is 45.9 Å². The van der Waals surface area contributed by atoms with Gasteiger partial charge in [-0.3, -0.25) is 14.4 Å². The van der Waals surface area contributed by atoms with Crippen LogP contribution in [0.2, 0.25) is 0 Å². The van der Waals surface area contributed by atoms with E-state index in [9.17, 15) is 19.5 Å². The van der Waals surface area contributed by atoms with E-state index < -0.39 is 24.0 Å². The highest BCUT2D eigenvalue weighted by atomic mass is 32.1. The van der Waals surface area contributed by atoms with Crippen molar-refractivity contribution in [3.63, 3.8) is 0 Å². The number of nitrogens with zero attached hydrogens (tertiary/aromatic N) is 2. The first-order valence-corrected chi connectivity index (χ1v) is 15.4. The number of aliphatic carboxylic acids is 1. The molecule has 10 heteroatoms. The van der Waals surface area contributed by atoms with Crippen LogP contribution >= 0.6 is 11.3 Å². The van der Waals surface area contributed by atoms with E-state index in [-0.39, 0.29) is 23.9 Å². The Kier molecular flexibility index (Phi) is 13.7. The Morgan fingerprint density at radius 2 is 1.78 bits per heavy atom. The third-order valence-corrected chi connectivity index (χ3v) is 8.57. The summed E-state index contributed by atoms with van der Waals surface area (Å²) in [6.07, 6.45) is 2.41. The van der Waals surface area contributed by atoms with E-state index in [0.717, 1.165) is 17.7 Å². The maximum absolute atomic E-state index is 13.0. The number of hydrogen-bond acceptors (Lipinski definition) is 8. The zero-order valence-corrected chi connectivity index (χ0v) is 26.4. The first-order chi connectivity index (χ1) is 19.3. The number of thiazole rings is 1. The molecule has 228 valence electrons. The maximum Gasteiger partial charge on any atom is 0.306 e. The predicted octanol–water partition coefficient (Wildman–Crippen LogP) is 5.45. The van der Waals surface area contributed by atoms with Crippen molar-refractivity contribution >= 4 is 34.9 Å². The van der Waals surface area contributed by atoms with Gasteiger partial charge in [-0.05, 0) is 42.4 Å². The van der Waals surface area contributed by atoms with Crippen LogP contribution < -0.4 is 11.1 Å². The van der Waals surface area contributed by atoms with Gasteiger partial charge in [-0.1, -0.05) is 53.2 Å². The molecule has 0 aliphatic rings. The first kappa shape index (κ1) is 34.2. The van der Waals surface area contributed by atoms with Crippen LogP contribution in [0.3, 0.4) is 0 Å². The third kappa shape index (κ3) is 11.4. The summed E-state index contributed by atoms with van der Waals surface area (Å²) in [6.45, 7) is 11.8. The molecule has 0 spiro atoms. The number of ether oxygens (including phenoxy) is 1. The fourth-order valence-corrected chi connectivity index (χ4v) is 5.63. The average molecular weight is 589 g/mol. The number of carbonyl (C=O) groups excluding carboxylic acids is 2. The lowest BCUT2D eigenvalue weighted by atomic mass is 9.95. The number of rotatable bonds is 17. The number of carboxylic acids is 1. The fourth-order valence-electron chi connectivity index (χ4n) is 4.77. The summed E-state index contributed by atoms with van der Waals surface area (Å²) >= 11 is 1.42. The Bertz CT molecular complexity index is 1120. The first-order valence-electron chi connectivity index (χ1n) is 14.5. The SMILES string of the molecule is CC[C@H](C)CC(=O)N(C)[C@H](CC(OC(C)=O)c1nc(CN[C@@H](Cc2ccc(N)cc2)C[C@H](C)C(=O)O)cs1)C(C)C. The number of nitrogens with two attached hydrogens (primary N) is 1. The quantitative estimate of drug-likeness (QED) is 0.164. The van der Waals surface area contributed by atoms with Crippen LogP contribution in [0.25, 0.3) is 0 Å². The lowest BCUT2D eigenvalue weighted by Crippen LogP contribution is -2.42. The van der Waals surface area contributed by atoms with Gasteiger partial charge in [0.2, 0.25) is 5.91 Å². The number of nitrogen functional groups attached to an aromatic ring is 1. The van der Waals surface area contributed by atoms with Crippen molar-refractivity contribution in [3.8, 4) is 0 Å². The lowest BCUT2D eigenvalue weighted by molar-refractivity contribution is -0.148. The molecular weight excluding hydrogens is 540 g/mol. The van der Waals surface area contributed by atoms with E-state index in [1.807, 2.05) is 36.7 Å². The second-order valence-electron chi connectivity index (χ2n) is 11.5. The number of esters is 1. The van der Waals surface area contributed by atoms with Gasteiger partial charge in [-0.15, -0.1) is 11.3 Å². The van der Waals surface area contributed by atoms with Crippen molar-refractivity contribution in [2.45, 2.75) is 98.4 Å². The van der Waals surface area contributed by atoms with E-state index in [0.29, 0.717) is 48.8 Å². The Hall–Kier alpha value is -2.98. The Morgan fingerprint density at radius 1 is 1.12 bits per heavy atom. The van der Waals surface area contributed by atoms with Crippen LogP contribution in [0.4, 0.5) is 5.69 Å². The zero-order valence-electron chi connectivity index (χ0n) is 25.6. The molecule has 9 nitrogen and oxygen atoms in total. The topological polar surface area (TPSA) is 135 Å². The third-order valence-electron chi connectivity index (χ3n) is 7.58. The molecule has 1 amide bonds. The molecule has 0 aliphatic heterocycles. The van der Waals surface area contributed by atoms with Crippen molar-refractivity contribution < 1.29 is 24.2 Å². The molecule has 1 heterocycles. The van der Waals surface area contributed by atoms with Crippen LogP contribution in [0.15, 0.2) is 29.6 Å². The molecule has 0 aliphatic carbocycles. The van der Waals surface area contributed by atoms with E-state index in [4.69, 9.17) is 15.5 Å². The number of carbonyl (C=O) groups is 3. The number of aromatic nitrogens is 1. The van der Waals surface area contributed by atoms with Gasteiger partial charge in [0.05, 0.1) is 11.6 Å². The molecule has 5 atom stereocenters. The minimum Gasteiger partial charge on any atom is -0.481 e. The summed E-state index contributed by atoms with van der Waals surface area (Å²) in [6, 6.07) is 7.38. The molecule has 2 aromatic rings. The normalized spacial score (nSPS) is 15.1. The van der Waals surface area contributed by atoms with E-state index in [2.05, 4.69) is 33.0 Å². The average Bonchev–Trinajstić information content (AvgIpc) is 3.38. The molecule has 4 N–H and O–H groups in total. The number of benzene rings is 1. The molecule has 0 fully saturated rings. The predicted molar refractivity (Wildman–Crippen MR) is 163 cm³/mol. The second-order valence-corrected chi connectivity index (χ2v) is 12.4.